The summed E-state index contributed by atoms with van der Waals surface area (Å²) < 4.78 is 3.37. The van der Waals surface area contributed by atoms with Crippen LogP contribution in [0.2, 0.25) is 10.0 Å². The van der Waals surface area contributed by atoms with E-state index < -0.39 is 11.2 Å². The largest absolute Gasteiger partial charge is 0.330 e. The maximum Gasteiger partial charge on any atom is 0.330 e. The van der Waals surface area contributed by atoms with Crippen LogP contribution in [-0.2, 0) is 24.3 Å². The number of hydrogen-bond donors (Lipinski definition) is 2. The van der Waals surface area contributed by atoms with Crippen LogP contribution in [-0.4, -0.2) is 25.0 Å². The predicted molar refractivity (Wildman–Crippen MR) is 132 cm³/mol. The van der Waals surface area contributed by atoms with Crippen molar-refractivity contribution < 1.29 is 4.79 Å². The molecule has 33 heavy (non-hydrogen) atoms. The number of nitrogens with one attached hydrogen (secondary N) is 2. The first-order chi connectivity index (χ1) is 15.8. The van der Waals surface area contributed by atoms with E-state index in [1.54, 1.807) is 18.2 Å². The minimum absolute atomic E-state index is 0.136. The van der Waals surface area contributed by atoms with E-state index in [9.17, 15) is 14.4 Å². The number of benzene rings is 1. The zero-order chi connectivity index (χ0) is 24.0. The Kier molecular flexibility index (Phi) is 8.74. The summed E-state index contributed by atoms with van der Waals surface area (Å²) >= 11 is 12.1. The van der Waals surface area contributed by atoms with Gasteiger partial charge in [-0.1, -0.05) is 56.3 Å². The molecule has 3 aromatic rings. The lowest BCUT2D eigenvalue weighted by molar-refractivity contribution is -0.116. The van der Waals surface area contributed by atoms with Crippen molar-refractivity contribution in [3.05, 3.63) is 54.9 Å². The van der Waals surface area contributed by atoms with E-state index in [4.69, 9.17) is 23.2 Å². The van der Waals surface area contributed by atoms with Crippen molar-refractivity contribution in [1.29, 1.82) is 0 Å². The van der Waals surface area contributed by atoms with Gasteiger partial charge in [-0.3, -0.25) is 19.1 Å². The number of aryl methyl sites for hydroxylation is 3. The Morgan fingerprint density at radius 3 is 2.52 bits per heavy atom. The number of fused-ring (bicyclic) bond motifs is 1. The van der Waals surface area contributed by atoms with E-state index in [1.165, 1.54) is 4.57 Å². The molecule has 0 aliphatic heterocycles. The van der Waals surface area contributed by atoms with Gasteiger partial charge in [0.15, 0.2) is 11.2 Å². The number of amides is 1. The van der Waals surface area contributed by atoms with Gasteiger partial charge >= 0.3 is 5.69 Å². The van der Waals surface area contributed by atoms with E-state index in [1.807, 2.05) is 11.5 Å². The Bertz CT molecular complexity index is 1250. The van der Waals surface area contributed by atoms with Crippen LogP contribution >= 0.6 is 23.2 Å². The Hall–Kier alpha value is -2.58. The van der Waals surface area contributed by atoms with Crippen molar-refractivity contribution in [2.75, 3.05) is 5.32 Å². The monoisotopic (exact) mass is 493 g/mol. The molecule has 2 N–H and O–H groups in total. The Balaban J connectivity index is 1.91. The number of imidazole rings is 1. The van der Waals surface area contributed by atoms with Gasteiger partial charge in [-0.25, -0.2) is 9.78 Å². The van der Waals surface area contributed by atoms with Gasteiger partial charge in [0.25, 0.3) is 5.56 Å². The van der Waals surface area contributed by atoms with Crippen LogP contribution in [0.4, 0.5) is 5.69 Å². The highest BCUT2D eigenvalue weighted by Gasteiger charge is 2.19. The molecule has 0 spiro atoms. The maximum atomic E-state index is 12.7. The van der Waals surface area contributed by atoms with Crippen LogP contribution in [0.5, 0.6) is 0 Å². The van der Waals surface area contributed by atoms with Crippen LogP contribution < -0.4 is 16.6 Å². The van der Waals surface area contributed by atoms with Gasteiger partial charge in [-0.15, -0.1) is 0 Å². The highest BCUT2D eigenvalue weighted by molar-refractivity contribution is 6.35. The number of rotatable bonds is 11. The third kappa shape index (κ3) is 6.06. The number of carbonyl (C=O) groups excluding carboxylic acids is 1. The van der Waals surface area contributed by atoms with Crippen LogP contribution in [0, 0.1) is 0 Å². The molecule has 0 atom stereocenters. The third-order valence-corrected chi connectivity index (χ3v) is 6.03. The Morgan fingerprint density at radius 2 is 1.79 bits per heavy atom. The molecule has 0 fully saturated rings. The van der Waals surface area contributed by atoms with Crippen LogP contribution in [0.1, 0.15) is 58.2 Å². The lowest BCUT2D eigenvalue weighted by Crippen LogP contribution is -2.31. The van der Waals surface area contributed by atoms with Crippen molar-refractivity contribution in [3.8, 4) is 0 Å². The number of hydrogen-bond acceptors (Lipinski definition) is 4. The second kappa shape index (κ2) is 11.5. The average Bonchev–Trinajstić information content (AvgIpc) is 3.13. The summed E-state index contributed by atoms with van der Waals surface area (Å²) in [5.41, 5.74) is 0.291. The molecule has 1 aromatic carbocycles. The lowest BCUT2D eigenvalue weighted by Gasteiger charge is -2.10. The summed E-state index contributed by atoms with van der Waals surface area (Å²) in [6, 6.07) is 4.86. The number of H-pyrrole nitrogens is 1. The number of carbonyl (C=O) groups is 1. The van der Waals surface area contributed by atoms with Crippen molar-refractivity contribution in [1.82, 2.24) is 19.1 Å². The quantitative estimate of drug-likeness (QED) is 0.376. The number of halogens is 2. The standard InChI is InChI=1S/C23H29Cl2N5O3/c1-3-5-7-13-29-18(10-11-19(31)26-17-14-15(24)8-9-16(17)25)27-21-20(29)22(32)28-23(33)30(21)12-6-4-2/h8-9,14H,3-7,10-13H2,1-2H3,(H,26,31)(H,28,32,33). The lowest BCUT2D eigenvalue weighted by atomic mass is 10.2. The smallest absolute Gasteiger partial charge is 0.325 e. The predicted octanol–water partition coefficient (Wildman–Crippen LogP) is 4.75. The van der Waals surface area contributed by atoms with Crippen LogP contribution in [0.15, 0.2) is 27.8 Å². The van der Waals surface area contributed by atoms with Crippen molar-refractivity contribution >= 4 is 46.0 Å². The van der Waals surface area contributed by atoms with Gasteiger partial charge in [0.05, 0.1) is 10.7 Å². The molecule has 0 aliphatic rings. The fourth-order valence-corrected chi connectivity index (χ4v) is 4.06. The third-order valence-electron chi connectivity index (χ3n) is 5.46. The van der Waals surface area contributed by atoms with E-state index in [2.05, 4.69) is 22.2 Å². The molecule has 0 radical (unpaired) electrons. The average molecular weight is 494 g/mol. The van der Waals surface area contributed by atoms with E-state index in [-0.39, 0.29) is 12.3 Å². The van der Waals surface area contributed by atoms with Gasteiger partial charge in [-0.05, 0) is 31.0 Å². The van der Waals surface area contributed by atoms with Gasteiger partial charge in [0.1, 0.15) is 5.82 Å². The summed E-state index contributed by atoms with van der Waals surface area (Å²) in [6.07, 6.45) is 5.05. The topological polar surface area (TPSA) is 102 Å². The van der Waals surface area contributed by atoms with Crippen molar-refractivity contribution in [2.24, 2.45) is 0 Å². The molecule has 2 heterocycles. The first-order valence-corrected chi connectivity index (χ1v) is 12.1. The summed E-state index contributed by atoms with van der Waals surface area (Å²) in [7, 11) is 0. The Morgan fingerprint density at radius 1 is 1.06 bits per heavy atom. The number of anilines is 1. The fraction of sp³-hybridized carbons (Fsp3) is 0.478. The fourth-order valence-electron chi connectivity index (χ4n) is 3.72. The van der Waals surface area contributed by atoms with E-state index >= 15 is 0 Å². The minimum atomic E-state index is -0.459. The highest BCUT2D eigenvalue weighted by Crippen LogP contribution is 2.25. The zero-order valence-electron chi connectivity index (χ0n) is 18.9. The number of unbranched alkanes of at least 4 members (excludes halogenated alkanes) is 3. The first kappa shape index (κ1) is 25.1. The molecule has 0 aliphatic carbocycles. The molecule has 8 nitrogen and oxygen atoms in total. The van der Waals surface area contributed by atoms with E-state index in [0.29, 0.717) is 52.2 Å². The molecule has 2 aromatic heterocycles. The number of aromatic nitrogens is 4. The van der Waals surface area contributed by atoms with Gasteiger partial charge in [0, 0.05) is 31.0 Å². The summed E-state index contributed by atoms with van der Waals surface area (Å²) in [6.45, 7) is 5.21. The van der Waals surface area contributed by atoms with Gasteiger partial charge < -0.3 is 9.88 Å². The van der Waals surface area contributed by atoms with Crippen LogP contribution in [0.3, 0.4) is 0 Å². The second-order valence-electron chi connectivity index (χ2n) is 8.00. The summed E-state index contributed by atoms with van der Waals surface area (Å²) in [4.78, 5) is 44.8. The molecular formula is C23H29Cl2N5O3. The SMILES string of the molecule is CCCCCn1c(CCC(=O)Nc2cc(Cl)ccc2Cl)nc2c1c(=O)[nH]c(=O)n2CCCC. The molecule has 0 unspecified atom stereocenters. The van der Waals surface area contributed by atoms with Crippen molar-refractivity contribution in [3.63, 3.8) is 0 Å². The van der Waals surface area contributed by atoms with Crippen LogP contribution in [0.25, 0.3) is 11.2 Å². The first-order valence-electron chi connectivity index (χ1n) is 11.3. The molecule has 0 saturated carbocycles. The molecule has 1 amide bonds. The molecule has 3 rings (SSSR count). The molecule has 0 bridgehead atoms. The van der Waals surface area contributed by atoms with Gasteiger partial charge in [0.2, 0.25) is 5.91 Å². The summed E-state index contributed by atoms with van der Waals surface area (Å²) in [5, 5.41) is 3.63. The number of nitrogens with zero attached hydrogens (tertiary/aromatic N) is 3. The highest BCUT2D eigenvalue weighted by atomic mass is 35.5. The Labute approximate surface area is 201 Å². The summed E-state index contributed by atoms with van der Waals surface area (Å²) in [5.74, 6) is 0.360. The van der Waals surface area contributed by atoms with E-state index in [0.717, 1.165) is 32.1 Å². The number of aromatic amines is 1. The van der Waals surface area contributed by atoms with Crippen molar-refractivity contribution in [2.45, 2.75) is 71.9 Å². The minimum Gasteiger partial charge on any atom is -0.325 e. The maximum absolute atomic E-state index is 12.7. The molecule has 10 heteroatoms. The molecule has 0 saturated heterocycles. The molecule has 178 valence electrons. The normalized spacial score (nSPS) is 11.3. The molecular weight excluding hydrogens is 465 g/mol. The second-order valence-corrected chi connectivity index (χ2v) is 8.84. The van der Waals surface area contributed by atoms with Gasteiger partial charge in [-0.2, -0.15) is 0 Å². The zero-order valence-corrected chi connectivity index (χ0v) is 20.4.